The van der Waals surface area contributed by atoms with Crippen molar-refractivity contribution in [3.8, 4) is 0 Å². The van der Waals surface area contributed by atoms with Crippen molar-refractivity contribution in [2.45, 2.75) is 38.5 Å². The van der Waals surface area contributed by atoms with Crippen molar-refractivity contribution in [2.75, 3.05) is 0 Å². The molecule has 0 N–H and O–H groups in total. The van der Waals surface area contributed by atoms with E-state index < -0.39 is 0 Å². The molecule has 0 heterocycles. The van der Waals surface area contributed by atoms with Gasteiger partial charge in [0.15, 0.2) is 0 Å². The van der Waals surface area contributed by atoms with E-state index in [-0.39, 0.29) is 10.8 Å². The lowest BCUT2D eigenvalue weighted by atomic mass is 9.80. The minimum Gasteiger partial charge on any atom is -0.0626 e. The Bertz CT molecular complexity index is 705. The summed E-state index contributed by atoms with van der Waals surface area (Å²) in [6.07, 6.45) is 4.74. The van der Waals surface area contributed by atoms with E-state index in [0.717, 1.165) is 0 Å². The molecule has 20 heavy (non-hydrogen) atoms. The second kappa shape index (κ2) is 4.34. The minimum atomic E-state index is 0.0140. The lowest BCUT2D eigenvalue weighted by molar-refractivity contribution is 0.589. The van der Waals surface area contributed by atoms with Crippen molar-refractivity contribution < 1.29 is 0 Å². The molecule has 0 amide bonds. The zero-order chi connectivity index (χ0) is 14.4. The highest BCUT2D eigenvalue weighted by molar-refractivity contribution is 5.66. The van der Waals surface area contributed by atoms with Gasteiger partial charge < -0.3 is 0 Å². The van der Waals surface area contributed by atoms with Crippen LogP contribution >= 0.6 is 0 Å². The standard InChI is InChI=1S/C20H22/c1-19(2,3)17-9-11-18(12-10-17)20(4)13-15-7-5-6-8-16(15)14-20/h5-14H,1-4H3. The number of hydrogen-bond donors (Lipinski definition) is 0. The van der Waals surface area contributed by atoms with E-state index in [2.05, 4.69) is 88.4 Å². The summed E-state index contributed by atoms with van der Waals surface area (Å²) >= 11 is 0. The van der Waals surface area contributed by atoms with E-state index in [0.29, 0.717) is 0 Å². The number of fused-ring (bicyclic) bond motifs is 1. The normalized spacial score (nSPS) is 16.2. The van der Waals surface area contributed by atoms with Crippen molar-refractivity contribution in [1.29, 1.82) is 0 Å². The Labute approximate surface area is 121 Å². The largest absolute Gasteiger partial charge is 0.0626 e. The van der Waals surface area contributed by atoms with E-state index >= 15 is 0 Å². The van der Waals surface area contributed by atoms with Gasteiger partial charge in [-0.25, -0.2) is 0 Å². The fourth-order valence-electron chi connectivity index (χ4n) is 2.96. The predicted molar refractivity (Wildman–Crippen MR) is 87.1 cm³/mol. The van der Waals surface area contributed by atoms with Gasteiger partial charge >= 0.3 is 0 Å². The molecule has 0 radical (unpaired) electrons. The number of rotatable bonds is 1. The summed E-state index contributed by atoms with van der Waals surface area (Å²) in [5.41, 5.74) is 2.98. The summed E-state index contributed by atoms with van der Waals surface area (Å²) in [6, 6.07) is 17.7. The van der Waals surface area contributed by atoms with Crippen LogP contribution in [0.1, 0.15) is 38.8 Å². The molecule has 0 fully saturated rings. The van der Waals surface area contributed by atoms with Crippen LogP contribution in [0, 0.1) is 0 Å². The molecule has 0 aliphatic heterocycles. The van der Waals surface area contributed by atoms with E-state index in [4.69, 9.17) is 0 Å². The van der Waals surface area contributed by atoms with Gasteiger partial charge in [0.25, 0.3) is 0 Å². The highest BCUT2D eigenvalue weighted by atomic mass is 14.3. The second-order valence-electron chi connectivity index (χ2n) is 7.03. The van der Waals surface area contributed by atoms with E-state index in [9.17, 15) is 0 Å². The summed E-state index contributed by atoms with van der Waals surface area (Å²) < 4.78 is 0. The van der Waals surface area contributed by atoms with Crippen LogP contribution in [0.5, 0.6) is 0 Å². The average Bonchev–Trinajstić information content (AvgIpc) is 2.75. The fraction of sp³-hybridized carbons (Fsp3) is 0.300. The van der Waals surface area contributed by atoms with Crippen molar-refractivity contribution in [1.82, 2.24) is 0 Å². The van der Waals surface area contributed by atoms with Gasteiger partial charge in [0.2, 0.25) is 0 Å². The highest BCUT2D eigenvalue weighted by Crippen LogP contribution is 2.31. The van der Waals surface area contributed by atoms with Crippen LogP contribution in [0.25, 0.3) is 12.2 Å². The summed E-state index contributed by atoms with van der Waals surface area (Å²) in [6.45, 7) is 9.06. The molecule has 3 rings (SSSR count). The van der Waals surface area contributed by atoms with Crippen LogP contribution < -0.4 is 10.4 Å². The molecule has 0 bridgehead atoms. The van der Waals surface area contributed by atoms with Gasteiger partial charge in [0.1, 0.15) is 0 Å². The first-order valence-electron chi connectivity index (χ1n) is 7.30. The van der Waals surface area contributed by atoms with Crippen LogP contribution in [0.15, 0.2) is 48.5 Å². The average molecular weight is 262 g/mol. The molecule has 1 aliphatic carbocycles. The maximum atomic E-state index is 2.37. The monoisotopic (exact) mass is 262 g/mol. The molecule has 102 valence electrons. The lowest BCUT2D eigenvalue weighted by Gasteiger charge is -2.23. The molecule has 0 heteroatoms. The van der Waals surface area contributed by atoms with Gasteiger partial charge in [0.05, 0.1) is 0 Å². The summed E-state index contributed by atoms with van der Waals surface area (Å²) in [4.78, 5) is 0. The Kier molecular flexibility index (Phi) is 2.86. The molecule has 2 aromatic carbocycles. The topological polar surface area (TPSA) is 0 Å². The van der Waals surface area contributed by atoms with Crippen molar-refractivity contribution in [3.05, 3.63) is 70.1 Å². The fourth-order valence-corrected chi connectivity index (χ4v) is 2.96. The number of benzene rings is 2. The van der Waals surface area contributed by atoms with Gasteiger partial charge in [0, 0.05) is 5.41 Å². The van der Waals surface area contributed by atoms with Gasteiger partial charge in [-0.05, 0) is 33.9 Å². The molecule has 1 aliphatic rings. The molecule has 0 nitrogen and oxygen atoms in total. The second-order valence-corrected chi connectivity index (χ2v) is 7.03. The van der Waals surface area contributed by atoms with Crippen LogP contribution in [0.2, 0.25) is 0 Å². The van der Waals surface area contributed by atoms with Crippen LogP contribution in [-0.2, 0) is 10.8 Å². The molecular formula is C20H22. The van der Waals surface area contributed by atoms with Crippen LogP contribution in [0.4, 0.5) is 0 Å². The number of hydrogen-bond acceptors (Lipinski definition) is 0. The molecule has 0 unspecified atom stereocenters. The minimum absolute atomic E-state index is 0.0140. The Hall–Kier alpha value is -1.82. The Morgan fingerprint density at radius 2 is 1.25 bits per heavy atom. The molecular weight excluding hydrogens is 240 g/mol. The first kappa shape index (κ1) is 13.2. The summed E-state index contributed by atoms with van der Waals surface area (Å²) in [5.74, 6) is 0. The maximum absolute atomic E-state index is 2.37. The SMILES string of the molecule is CC(C)(C)c1ccc(C2(C)C=c3ccccc3=C2)cc1. The molecule has 0 saturated heterocycles. The lowest BCUT2D eigenvalue weighted by Crippen LogP contribution is -2.19. The zero-order valence-electron chi connectivity index (χ0n) is 12.8. The van der Waals surface area contributed by atoms with Gasteiger partial charge in [-0.1, -0.05) is 81.5 Å². The third-order valence-corrected chi connectivity index (χ3v) is 4.28. The van der Waals surface area contributed by atoms with Gasteiger partial charge in [-0.2, -0.15) is 0 Å². The van der Waals surface area contributed by atoms with Gasteiger partial charge in [-0.15, -0.1) is 0 Å². The zero-order valence-corrected chi connectivity index (χ0v) is 12.8. The quantitative estimate of drug-likeness (QED) is 0.737. The van der Waals surface area contributed by atoms with Crippen LogP contribution in [-0.4, -0.2) is 0 Å². The molecule has 0 saturated carbocycles. The molecule has 2 aromatic rings. The summed E-state index contributed by atoms with van der Waals surface area (Å²) in [7, 11) is 0. The first-order chi connectivity index (χ1) is 9.38. The molecule has 0 atom stereocenters. The highest BCUT2D eigenvalue weighted by Gasteiger charge is 2.24. The van der Waals surface area contributed by atoms with Crippen molar-refractivity contribution in [3.63, 3.8) is 0 Å². The molecule has 0 spiro atoms. The Balaban J connectivity index is 2.05. The van der Waals surface area contributed by atoms with Crippen LogP contribution in [0.3, 0.4) is 0 Å². The Morgan fingerprint density at radius 1 is 0.750 bits per heavy atom. The summed E-state index contributed by atoms with van der Waals surface area (Å²) in [5, 5.41) is 2.68. The maximum Gasteiger partial charge on any atom is 0.0301 e. The van der Waals surface area contributed by atoms with Gasteiger partial charge in [-0.3, -0.25) is 0 Å². The smallest absolute Gasteiger partial charge is 0.0301 e. The van der Waals surface area contributed by atoms with E-state index in [1.807, 2.05) is 0 Å². The van der Waals surface area contributed by atoms with Crippen molar-refractivity contribution >= 4 is 12.2 Å². The van der Waals surface area contributed by atoms with E-state index in [1.165, 1.54) is 21.6 Å². The molecule has 0 aromatic heterocycles. The first-order valence-corrected chi connectivity index (χ1v) is 7.30. The third kappa shape index (κ3) is 2.20. The predicted octanol–water partition coefficient (Wildman–Crippen LogP) is 3.52. The van der Waals surface area contributed by atoms with E-state index in [1.54, 1.807) is 0 Å². The Morgan fingerprint density at radius 3 is 1.70 bits per heavy atom. The third-order valence-electron chi connectivity index (χ3n) is 4.28. The van der Waals surface area contributed by atoms with Crippen molar-refractivity contribution in [2.24, 2.45) is 0 Å².